The third-order valence-corrected chi connectivity index (χ3v) is 3.82. The lowest BCUT2D eigenvalue weighted by molar-refractivity contribution is -0.140. The topological polar surface area (TPSA) is 75.4 Å². The first-order valence-corrected chi connectivity index (χ1v) is 7.87. The van der Waals surface area contributed by atoms with Crippen LogP contribution in [0.2, 0.25) is 0 Å². The summed E-state index contributed by atoms with van der Waals surface area (Å²) in [6.07, 6.45) is -2.92. The molecule has 1 aromatic rings. The molecule has 1 heterocycles. The quantitative estimate of drug-likeness (QED) is 0.793. The average Bonchev–Trinajstić information content (AvgIpc) is 2.94. The maximum Gasteiger partial charge on any atom is 0.391 e. The van der Waals surface area contributed by atoms with Gasteiger partial charge in [-0.25, -0.2) is 0 Å². The second-order valence-electron chi connectivity index (χ2n) is 5.95. The predicted octanol–water partition coefficient (Wildman–Crippen LogP) is 1.92. The van der Waals surface area contributed by atoms with Gasteiger partial charge in [0.25, 0.3) is 5.91 Å². The van der Waals surface area contributed by atoms with Gasteiger partial charge in [-0.2, -0.15) is 13.2 Å². The van der Waals surface area contributed by atoms with Gasteiger partial charge in [0, 0.05) is 18.3 Å². The molecule has 1 aliphatic heterocycles. The van der Waals surface area contributed by atoms with Gasteiger partial charge in [-0.15, -0.1) is 0 Å². The van der Waals surface area contributed by atoms with E-state index in [2.05, 4.69) is 5.32 Å². The van der Waals surface area contributed by atoms with Crippen LogP contribution >= 0.6 is 0 Å². The van der Waals surface area contributed by atoms with Crippen molar-refractivity contribution in [3.63, 3.8) is 0 Å². The van der Waals surface area contributed by atoms with Crippen LogP contribution in [0.5, 0.6) is 0 Å². The summed E-state index contributed by atoms with van der Waals surface area (Å²) in [7, 11) is 0. The van der Waals surface area contributed by atoms with Crippen LogP contribution in [0.1, 0.15) is 18.9 Å². The third-order valence-electron chi connectivity index (χ3n) is 3.82. The molecule has 0 spiro atoms. The molecule has 136 valence electrons. The van der Waals surface area contributed by atoms with Crippen LogP contribution in [0.4, 0.5) is 18.9 Å². The lowest BCUT2D eigenvalue weighted by atomic mass is 10.1. The fraction of sp³-hybridized carbons (Fsp3) is 0.412. The summed E-state index contributed by atoms with van der Waals surface area (Å²) >= 11 is 0. The van der Waals surface area contributed by atoms with Crippen molar-refractivity contribution in [3.8, 4) is 0 Å². The van der Waals surface area contributed by atoms with Crippen LogP contribution < -0.4 is 16.0 Å². The fourth-order valence-electron chi connectivity index (χ4n) is 2.59. The monoisotopic (exact) mass is 355 g/mol. The second-order valence-corrected chi connectivity index (χ2v) is 5.95. The summed E-state index contributed by atoms with van der Waals surface area (Å²) in [6.45, 7) is 1.84. The molecule has 5 nitrogen and oxygen atoms in total. The van der Waals surface area contributed by atoms with E-state index in [0.29, 0.717) is 13.0 Å². The minimum Gasteiger partial charge on any atom is -0.348 e. The Hall–Kier alpha value is -2.35. The molecule has 8 heteroatoms. The number of para-hydroxylation sites is 1. The van der Waals surface area contributed by atoms with Gasteiger partial charge >= 0.3 is 6.18 Å². The Morgan fingerprint density at radius 3 is 2.68 bits per heavy atom. The molecule has 2 rings (SSSR count). The number of benzene rings is 1. The van der Waals surface area contributed by atoms with Crippen molar-refractivity contribution >= 4 is 17.5 Å². The molecule has 0 aromatic heterocycles. The number of nitrogens with zero attached hydrogens (tertiary/aromatic N) is 1. The van der Waals surface area contributed by atoms with E-state index < -0.39 is 36.5 Å². The molecule has 0 saturated carbocycles. The summed E-state index contributed by atoms with van der Waals surface area (Å²) in [5, 5.41) is 2.20. The van der Waals surface area contributed by atoms with E-state index in [1.165, 1.54) is 11.8 Å². The number of halogens is 3. The Bertz CT molecular complexity index is 671. The lowest BCUT2D eigenvalue weighted by Crippen LogP contribution is -2.44. The predicted molar refractivity (Wildman–Crippen MR) is 87.9 cm³/mol. The molecule has 2 amide bonds. The molecule has 2 atom stereocenters. The molecule has 0 saturated heterocycles. The van der Waals surface area contributed by atoms with Crippen molar-refractivity contribution in [2.45, 2.75) is 38.0 Å². The second kappa shape index (κ2) is 7.69. The smallest absolute Gasteiger partial charge is 0.348 e. The van der Waals surface area contributed by atoms with Crippen LogP contribution in [-0.4, -0.2) is 36.6 Å². The molecular formula is C17H20F3N3O2. The molecular weight excluding hydrogens is 335 g/mol. The minimum absolute atomic E-state index is 0.424. The normalized spacial score (nSPS) is 16.6. The molecule has 1 aromatic carbocycles. The lowest BCUT2D eigenvalue weighted by Gasteiger charge is -2.19. The van der Waals surface area contributed by atoms with Gasteiger partial charge in [0.1, 0.15) is 0 Å². The van der Waals surface area contributed by atoms with Crippen molar-refractivity contribution < 1.29 is 22.8 Å². The van der Waals surface area contributed by atoms with Gasteiger partial charge in [-0.3, -0.25) is 9.59 Å². The van der Waals surface area contributed by atoms with E-state index >= 15 is 0 Å². The highest BCUT2D eigenvalue weighted by Gasteiger charge is 2.32. The zero-order chi connectivity index (χ0) is 18.6. The van der Waals surface area contributed by atoms with Crippen molar-refractivity contribution in [1.82, 2.24) is 5.32 Å². The summed E-state index contributed by atoms with van der Waals surface area (Å²) in [6, 6.07) is 5.07. The molecule has 0 aliphatic carbocycles. The number of rotatable bonds is 5. The van der Waals surface area contributed by atoms with Crippen LogP contribution in [-0.2, 0) is 16.0 Å². The number of anilines is 1. The van der Waals surface area contributed by atoms with E-state index in [0.717, 1.165) is 23.4 Å². The Morgan fingerprint density at radius 2 is 2.04 bits per heavy atom. The van der Waals surface area contributed by atoms with Gasteiger partial charge in [0.2, 0.25) is 5.91 Å². The molecule has 0 fully saturated rings. The Labute approximate surface area is 143 Å². The highest BCUT2D eigenvalue weighted by Crippen LogP contribution is 2.27. The standard InChI is InChI=1S/C17H20F3N3O2/c1-11(21)16(25)22-13(10-17(18,19)20)6-7-15(24)23-9-8-12-4-2-3-5-14(12)23/h2-7,11,13H,8-10,21H2,1H3,(H,22,25)/b7-6+/t11-,13?/m0/s1. The number of carbonyl (C=O) groups excluding carboxylic acids is 2. The van der Waals surface area contributed by atoms with E-state index in [4.69, 9.17) is 5.73 Å². The first-order valence-electron chi connectivity index (χ1n) is 7.87. The van der Waals surface area contributed by atoms with Crippen molar-refractivity contribution in [1.29, 1.82) is 0 Å². The first-order chi connectivity index (χ1) is 11.7. The number of hydrogen-bond acceptors (Lipinski definition) is 3. The van der Waals surface area contributed by atoms with Crippen molar-refractivity contribution in [2.75, 3.05) is 11.4 Å². The van der Waals surface area contributed by atoms with Crippen molar-refractivity contribution in [3.05, 3.63) is 42.0 Å². The number of hydrogen-bond donors (Lipinski definition) is 2. The zero-order valence-electron chi connectivity index (χ0n) is 13.7. The van der Waals surface area contributed by atoms with Gasteiger partial charge in [0.05, 0.1) is 18.5 Å². The third kappa shape index (κ3) is 5.32. The summed E-state index contributed by atoms with van der Waals surface area (Å²) in [4.78, 5) is 25.4. The van der Waals surface area contributed by atoms with Gasteiger partial charge in [-0.1, -0.05) is 24.3 Å². The van der Waals surface area contributed by atoms with E-state index in [9.17, 15) is 22.8 Å². The summed E-state index contributed by atoms with van der Waals surface area (Å²) in [5.41, 5.74) is 7.13. The molecule has 0 radical (unpaired) electrons. The van der Waals surface area contributed by atoms with Crippen LogP contribution in [0.25, 0.3) is 0 Å². The first kappa shape index (κ1) is 19.0. The van der Waals surface area contributed by atoms with Crippen molar-refractivity contribution in [2.24, 2.45) is 5.73 Å². The number of amides is 2. The largest absolute Gasteiger partial charge is 0.391 e. The van der Waals surface area contributed by atoms with E-state index in [-0.39, 0.29) is 0 Å². The minimum atomic E-state index is -4.48. The van der Waals surface area contributed by atoms with Gasteiger partial charge in [0.15, 0.2) is 0 Å². The molecule has 1 unspecified atom stereocenters. The molecule has 1 aliphatic rings. The highest BCUT2D eigenvalue weighted by molar-refractivity contribution is 6.03. The van der Waals surface area contributed by atoms with E-state index in [1.807, 2.05) is 12.1 Å². The van der Waals surface area contributed by atoms with Gasteiger partial charge in [-0.05, 0) is 25.0 Å². The number of nitrogens with one attached hydrogen (secondary N) is 1. The SMILES string of the molecule is C[C@H](N)C(=O)NC(/C=C/C(=O)N1CCc2ccccc21)CC(F)(F)F. The molecule has 25 heavy (non-hydrogen) atoms. The average molecular weight is 355 g/mol. The number of carbonyl (C=O) groups is 2. The fourth-order valence-corrected chi connectivity index (χ4v) is 2.59. The maximum absolute atomic E-state index is 12.7. The summed E-state index contributed by atoms with van der Waals surface area (Å²) < 4.78 is 38.0. The number of fused-ring (bicyclic) bond motifs is 1. The maximum atomic E-state index is 12.7. The van der Waals surface area contributed by atoms with Crippen LogP contribution in [0.15, 0.2) is 36.4 Å². The molecule has 3 N–H and O–H groups in total. The Kier molecular flexibility index (Phi) is 5.84. The van der Waals surface area contributed by atoms with E-state index in [1.54, 1.807) is 12.1 Å². The Balaban J connectivity index is 2.09. The molecule has 0 bridgehead atoms. The highest BCUT2D eigenvalue weighted by atomic mass is 19.4. The van der Waals surface area contributed by atoms with Crippen LogP contribution in [0, 0.1) is 0 Å². The zero-order valence-corrected chi connectivity index (χ0v) is 13.7. The van der Waals surface area contributed by atoms with Crippen LogP contribution in [0.3, 0.4) is 0 Å². The van der Waals surface area contributed by atoms with Gasteiger partial charge < -0.3 is 16.0 Å². The number of alkyl halides is 3. The number of nitrogens with two attached hydrogens (primary N) is 1. The summed E-state index contributed by atoms with van der Waals surface area (Å²) in [5.74, 6) is -1.13. The Morgan fingerprint density at radius 1 is 1.36 bits per heavy atom.